The zero-order chi connectivity index (χ0) is 35.6. The van der Waals surface area contributed by atoms with E-state index in [-0.39, 0.29) is 28.2 Å². The fourth-order valence-electron chi connectivity index (χ4n) is 5.43. The highest BCUT2D eigenvalue weighted by molar-refractivity contribution is 8.01. The number of aromatic nitrogens is 4. The number of carboxylic acid groups (broad SMARTS) is 1. The van der Waals surface area contributed by atoms with Crippen molar-refractivity contribution in [2.24, 2.45) is 12.0 Å². The number of amides is 1. The Bertz CT molecular complexity index is 1660. The number of hydrogen-bond donors (Lipinski definition) is 1. The zero-order valence-corrected chi connectivity index (χ0v) is 31.1. The maximum absolute atomic E-state index is 13.1. The Labute approximate surface area is 292 Å². The van der Waals surface area contributed by atoms with Crippen molar-refractivity contribution < 1.29 is 24.3 Å². The lowest BCUT2D eigenvalue weighted by Gasteiger charge is -2.49. The van der Waals surface area contributed by atoms with E-state index in [0.717, 1.165) is 27.7 Å². The van der Waals surface area contributed by atoms with Crippen LogP contribution in [0.4, 0.5) is 0 Å². The monoisotopic (exact) mass is 693 g/mol. The highest BCUT2D eigenvalue weighted by Gasteiger charge is 2.52. The lowest BCUT2D eigenvalue weighted by atomic mass is 9.78. The SMILES string of the molecule is C[N+](C)(C)Cc1ccccc1.Cn1nnnc1SCC1=C(C(=O)[O-])N2C(=O)[C@@H](N=Cc3cc(C(C)(C)C)c(O)c(C(C)(C)C)c3)[C@@H]2SC1. The summed E-state index contributed by atoms with van der Waals surface area (Å²) < 4.78 is 2.49. The number of carbonyl (C=O) groups is 2. The van der Waals surface area contributed by atoms with Crippen molar-refractivity contribution in [2.45, 2.75) is 75.5 Å². The molecule has 0 unspecified atom stereocenters. The second kappa shape index (κ2) is 14.4. The summed E-state index contributed by atoms with van der Waals surface area (Å²) in [6, 6.07) is 13.7. The normalized spacial score (nSPS) is 18.4. The third-order valence-electron chi connectivity index (χ3n) is 7.80. The van der Waals surface area contributed by atoms with Gasteiger partial charge in [0.15, 0.2) is 6.04 Å². The van der Waals surface area contributed by atoms with Gasteiger partial charge in [-0.1, -0.05) is 83.6 Å². The number of carbonyl (C=O) groups excluding carboxylic acids is 2. The number of aromatic hydroxyl groups is 1. The molecule has 2 atom stereocenters. The minimum Gasteiger partial charge on any atom is -0.543 e. The van der Waals surface area contributed by atoms with Crippen LogP contribution in [0, 0.1) is 0 Å². The molecule has 3 heterocycles. The van der Waals surface area contributed by atoms with E-state index >= 15 is 0 Å². The first-order valence-electron chi connectivity index (χ1n) is 15.8. The van der Waals surface area contributed by atoms with Crippen molar-refractivity contribution in [1.29, 1.82) is 0 Å². The second-order valence-electron chi connectivity index (χ2n) is 15.1. The first-order valence-corrected chi connectivity index (χ1v) is 17.8. The van der Waals surface area contributed by atoms with Gasteiger partial charge in [-0.2, -0.15) is 0 Å². The number of fused-ring (bicyclic) bond motifs is 1. The van der Waals surface area contributed by atoms with Gasteiger partial charge in [-0.15, -0.1) is 16.9 Å². The van der Waals surface area contributed by atoms with Crippen LogP contribution >= 0.6 is 23.5 Å². The standard InChI is InChI=1S/C25H32N6O4S2.C10H16N/c1-24(2,3)15-8-13(9-16(19(15)32)25(4,5)6)10-26-17-20(33)31-18(22(34)35)14(11-36-21(17)31)12-37-23-27-28-29-30(23)7;1-11(2,3)9-10-7-5-4-6-8-10/h8-10,17,21,32H,11-12H2,1-7H3,(H,34,35);4-8H,9H2,1-3H3/q;+1/p-1/t17-,21+;/m1./s1. The van der Waals surface area contributed by atoms with Gasteiger partial charge in [-0.3, -0.25) is 14.7 Å². The Hall–Kier alpha value is -3.68. The van der Waals surface area contributed by atoms with Gasteiger partial charge < -0.3 is 19.5 Å². The van der Waals surface area contributed by atoms with Crippen LogP contribution in [0.2, 0.25) is 0 Å². The molecule has 1 N–H and O–H groups in total. The van der Waals surface area contributed by atoms with E-state index in [1.807, 2.05) is 53.7 Å². The Morgan fingerprint density at radius 3 is 2.21 bits per heavy atom. The Morgan fingerprint density at radius 1 is 1.10 bits per heavy atom. The summed E-state index contributed by atoms with van der Waals surface area (Å²) in [5, 5.41) is 34.4. The molecule has 48 heavy (non-hydrogen) atoms. The Morgan fingerprint density at radius 2 is 1.71 bits per heavy atom. The average molecular weight is 694 g/mol. The van der Waals surface area contributed by atoms with Crippen LogP contribution in [-0.4, -0.2) is 96.9 Å². The number of quaternary nitrogens is 1. The molecule has 0 radical (unpaired) electrons. The van der Waals surface area contributed by atoms with Crippen LogP contribution in [0.5, 0.6) is 5.75 Å². The highest BCUT2D eigenvalue weighted by Crippen LogP contribution is 2.43. The molecule has 1 aromatic heterocycles. The molecular weight excluding hydrogens is 647 g/mol. The molecule has 0 aliphatic carbocycles. The first kappa shape index (κ1) is 37.1. The average Bonchev–Trinajstić information content (AvgIpc) is 3.39. The van der Waals surface area contributed by atoms with Crippen LogP contribution in [-0.2, 0) is 34.0 Å². The summed E-state index contributed by atoms with van der Waals surface area (Å²) in [5.41, 5.74) is 3.71. The predicted octanol–water partition coefficient (Wildman–Crippen LogP) is 3.90. The fourth-order valence-corrected chi connectivity index (χ4v) is 7.76. The van der Waals surface area contributed by atoms with Crippen molar-refractivity contribution in [1.82, 2.24) is 25.1 Å². The number of thioether (sulfide) groups is 2. The van der Waals surface area contributed by atoms with Gasteiger partial charge in [0.05, 0.1) is 32.8 Å². The number of benzene rings is 2. The fraction of sp³-hybridized carbons (Fsp3) is 0.486. The minimum absolute atomic E-state index is 0.0856. The van der Waals surface area contributed by atoms with E-state index in [1.165, 1.54) is 38.7 Å². The Kier molecular flexibility index (Phi) is 11.2. The molecule has 11 nitrogen and oxygen atoms in total. The number of β-lactam (4-membered cyclic amide) rings is 1. The number of tetrazole rings is 1. The van der Waals surface area contributed by atoms with Gasteiger partial charge in [-0.05, 0) is 44.5 Å². The molecule has 2 aromatic carbocycles. The van der Waals surface area contributed by atoms with Crippen LogP contribution in [0.25, 0.3) is 0 Å². The van der Waals surface area contributed by atoms with E-state index in [2.05, 4.69) is 72.0 Å². The Balaban J connectivity index is 0.000000401. The van der Waals surface area contributed by atoms with Crippen LogP contribution in [0.15, 0.2) is 63.9 Å². The van der Waals surface area contributed by atoms with Crippen molar-refractivity contribution in [3.05, 3.63) is 76.0 Å². The van der Waals surface area contributed by atoms with Gasteiger partial charge in [-0.25, -0.2) is 4.68 Å². The topological polar surface area (TPSA) is 137 Å². The van der Waals surface area contributed by atoms with Crippen LogP contribution < -0.4 is 5.11 Å². The summed E-state index contributed by atoms with van der Waals surface area (Å²) in [6.45, 7) is 13.3. The second-order valence-corrected chi connectivity index (χ2v) is 17.2. The molecule has 3 aromatic rings. The van der Waals surface area contributed by atoms with E-state index in [9.17, 15) is 19.8 Å². The van der Waals surface area contributed by atoms with Crippen molar-refractivity contribution in [3.8, 4) is 5.75 Å². The molecular formula is C35H47N7O4S2. The summed E-state index contributed by atoms with van der Waals surface area (Å²) in [6.07, 6.45) is 1.65. The number of aliphatic imine (C=N–C) groups is 1. The first-order chi connectivity index (χ1) is 22.3. The van der Waals surface area contributed by atoms with Gasteiger partial charge >= 0.3 is 0 Å². The number of phenols is 1. The van der Waals surface area contributed by atoms with Gasteiger partial charge in [0.2, 0.25) is 5.16 Å². The number of nitrogens with zero attached hydrogens (tertiary/aromatic N) is 7. The maximum Gasteiger partial charge on any atom is 0.255 e. The molecule has 2 aliphatic heterocycles. The van der Waals surface area contributed by atoms with E-state index in [4.69, 9.17) is 0 Å². The summed E-state index contributed by atoms with van der Waals surface area (Å²) >= 11 is 2.78. The van der Waals surface area contributed by atoms with Gasteiger partial charge in [0.25, 0.3) is 5.91 Å². The lowest BCUT2D eigenvalue weighted by Crippen LogP contribution is -2.65. The van der Waals surface area contributed by atoms with E-state index in [0.29, 0.717) is 22.2 Å². The van der Waals surface area contributed by atoms with E-state index in [1.54, 1.807) is 13.3 Å². The van der Waals surface area contributed by atoms with Crippen LogP contribution in [0.1, 0.15) is 63.8 Å². The molecule has 0 bridgehead atoms. The van der Waals surface area contributed by atoms with Gasteiger partial charge in [0.1, 0.15) is 17.7 Å². The molecule has 2 aliphatic rings. The van der Waals surface area contributed by atoms with E-state index < -0.39 is 17.4 Å². The summed E-state index contributed by atoms with van der Waals surface area (Å²) in [7, 11) is 8.31. The molecule has 0 saturated carbocycles. The molecule has 258 valence electrons. The summed E-state index contributed by atoms with van der Waals surface area (Å²) in [5.74, 6) is -0.716. The molecule has 0 spiro atoms. The lowest BCUT2D eigenvalue weighted by molar-refractivity contribution is -0.884. The number of rotatable bonds is 8. The predicted molar refractivity (Wildman–Crippen MR) is 190 cm³/mol. The number of aryl methyl sites for hydroxylation is 1. The maximum atomic E-state index is 13.1. The van der Waals surface area contributed by atoms with Crippen molar-refractivity contribution >= 4 is 41.6 Å². The third-order valence-corrected chi connectivity index (χ3v) is 10.2. The zero-order valence-electron chi connectivity index (χ0n) is 29.5. The van der Waals surface area contributed by atoms with Gasteiger partial charge in [0, 0.05) is 41.5 Å². The highest BCUT2D eigenvalue weighted by atomic mass is 32.2. The number of carboxylic acids is 1. The molecule has 5 rings (SSSR count). The third kappa shape index (κ3) is 8.86. The van der Waals surface area contributed by atoms with Crippen LogP contribution in [0.3, 0.4) is 0 Å². The number of hydrogen-bond acceptors (Lipinski definition) is 10. The largest absolute Gasteiger partial charge is 0.543 e. The molecule has 1 saturated heterocycles. The van der Waals surface area contributed by atoms with Crippen molar-refractivity contribution in [3.63, 3.8) is 0 Å². The molecule has 1 fully saturated rings. The number of aliphatic carboxylic acids is 1. The quantitative estimate of drug-likeness (QED) is 0.161. The molecule has 1 amide bonds. The minimum atomic E-state index is -1.38. The smallest absolute Gasteiger partial charge is 0.255 e. The van der Waals surface area contributed by atoms with Crippen molar-refractivity contribution in [2.75, 3.05) is 32.6 Å². The molecule has 13 heteroatoms. The number of phenolic OH excluding ortho intramolecular Hbond substituents is 1. The summed E-state index contributed by atoms with van der Waals surface area (Å²) in [4.78, 5) is 30.9.